The Morgan fingerprint density at radius 2 is 2.28 bits per heavy atom. The van der Waals surface area contributed by atoms with Crippen LogP contribution >= 0.6 is 15.9 Å². The van der Waals surface area contributed by atoms with E-state index in [2.05, 4.69) is 26.0 Å². The van der Waals surface area contributed by atoms with Crippen LogP contribution in [-0.4, -0.2) is 14.8 Å². The number of aromatic nitrogens is 3. The minimum Gasteiger partial charge on any atom is -0.437 e. The van der Waals surface area contributed by atoms with Crippen LogP contribution in [0.15, 0.2) is 39.5 Å². The molecule has 2 N–H and O–H groups in total. The zero-order chi connectivity index (χ0) is 12.7. The van der Waals surface area contributed by atoms with E-state index in [4.69, 9.17) is 10.2 Å². The molecule has 0 bridgehead atoms. The van der Waals surface area contributed by atoms with Crippen LogP contribution in [0.1, 0.15) is 17.5 Å². The second kappa shape index (κ2) is 4.22. The highest BCUT2D eigenvalue weighted by Gasteiger charge is 2.18. The van der Waals surface area contributed by atoms with Crippen molar-refractivity contribution in [2.45, 2.75) is 6.04 Å². The fraction of sp³-hybridized carbons (Fsp3) is 0.167. The Bertz CT molecular complexity index is 703. The van der Waals surface area contributed by atoms with Gasteiger partial charge in [0.25, 0.3) is 0 Å². The van der Waals surface area contributed by atoms with Gasteiger partial charge in [-0.3, -0.25) is 4.68 Å². The maximum absolute atomic E-state index is 6.12. The molecule has 3 rings (SSSR count). The van der Waals surface area contributed by atoms with Gasteiger partial charge in [0, 0.05) is 18.8 Å². The lowest BCUT2D eigenvalue weighted by Crippen LogP contribution is -2.11. The van der Waals surface area contributed by atoms with Crippen LogP contribution in [0.3, 0.4) is 0 Å². The molecule has 6 heteroatoms. The monoisotopic (exact) mass is 306 g/mol. The molecule has 3 aromatic rings. The SMILES string of the molecule is Cn1cc(C(N)c2nc3cccc(Br)c3o2)cn1. The van der Waals surface area contributed by atoms with Crippen molar-refractivity contribution in [3.63, 3.8) is 0 Å². The summed E-state index contributed by atoms with van der Waals surface area (Å²) in [5.74, 6) is 0.491. The molecule has 0 saturated carbocycles. The van der Waals surface area contributed by atoms with Crippen molar-refractivity contribution in [2.24, 2.45) is 12.8 Å². The number of nitrogens with two attached hydrogens (primary N) is 1. The van der Waals surface area contributed by atoms with Gasteiger partial charge in [-0.15, -0.1) is 0 Å². The quantitative estimate of drug-likeness (QED) is 0.789. The summed E-state index contributed by atoms with van der Waals surface area (Å²) in [6.45, 7) is 0. The summed E-state index contributed by atoms with van der Waals surface area (Å²) < 4.78 is 8.28. The Morgan fingerprint density at radius 3 is 2.94 bits per heavy atom. The minimum absolute atomic E-state index is 0.405. The van der Waals surface area contributed by atoms with E-state index in [1.165, 1.54) is 0 Å². The largest absolute Gasteiger partial charge is 0.437 e. The smallest absolute Gasteiger partial charge is 0.217 e. The fourth-order valence-corrected chi connectivity index (χ4v) is 2.25. The molecule has 1 unspecified atom stereocenters. The summed E-state index contributed by atoms with van der Waals surface area (Å²) in [4.78, 5) is 4.40. The maximum atomic E-state index is 6.12. The zero-order valence-electron chi connectivity index (χ0n) is 9.67. The molecule has 0 saturated heterocycles. The van der Waals surface area contributed by atoms with Gasteiger partial charge >= 0.3 is 0 Å². The first-order chi connectivity index (χ1) is 8.65. The number of para-hydroxylation sites is 1. The molecule has 0 radical (unpaired) electrons. The Labute approximate surface area is 112 Å². The zero-order valence-corrected chi connectivity index (χ0v) is 11.3. The Hall–Kier alpha value is -1.66. The van der Waals surface area contributed by atoms with Crippen molar-refractivity contribution in [1.82, 2.24) is 14.8 Å². The first kappa shape index (κ1) is 11.4. The summed E-state index contributed by atoms with van der Waals surface area (Å²) in [5.41, 5.74) is 8.50. The molecule has 0 amide bonds. The summed E-state index contributed by atoms with van der Waals surface area (Å²) >= 11 is 3.43. The van der Waals surface area contributed by atoms with E-state index in [0.717, 1.165) is 15.6 Å². The molecule has 2 heterocycles. The topological polar surface area (TPSA) is 69.9 Å². The van der Waals surface area contributed by atoms with Gasteiger partial charge in [0.05, 0.1) is 10.7 Å². The van der Waals surface area contributed by atoms with Gasteiger partial charge in [0.15, 0.2) is 5.58 Å². The molecule has 5 nitrogen and oxygen atoms in total. The second-order valence-corrected chi connectivity index (χ2v) is 4.92. The predicted octanol–water partition coefficient (Wildman–Crippen LogP) is 2.37. The highest BCUT2D eigenvalue weighted by Crippen LogP contribution is 2.28. The molecule has 92 valence electrons. The third kappa shape index (κ3) is 1.83. The maximum Gasteiger partial charge on any atom is 0.217 e. The molecule has 1 atom stereocenters. The lowest BCUT2D eigenvalue weighted by atomic mass is 10.2. The lowest BCUT2D eigenvalue weighted by molar-refractivity contribution is 0.504. The third-order valence-electron chi connectivity index (χ3n) is 2.73. The molecule has 0 aliphatic carbocycles. The van der Waals surface area contributed by atoms with Gasteiger partial charge in [-0.05, 0) is 28.1 Å². The number of hydrogen-bond acceptors (Lipinski definition) is 4. The third-order valence-corrected chi connectivity index (χ3v) is 3.36. The molecular formula is C12H11BrN4O. The van der Waals surface area contributed by atoms with E-state index in [1.54, 1.807) is 10.9 Å². The van der Waals surface area contributed by atoms with Crippen molar-refractivity contribution in [3.05, 3.63) is 46.5 Å². The summed E-state index contributed by atoms with van der Waals surface area (Å²) in [5, 5.41) is 4.09. The van der Waals surface area contributed by atoms with Crippen molar-refractivity contribution < 1.29 is 4.42 Å². The summed E-state index contributed by atoms with van der Waals surface area (Å²) in [6, 6.07) is 5.31. The normalized spacial score (nSPS) is 13.1. The van der Waals surface area contributed by atoms with Crippen molar-refractivity contribution in [3.8, 4) is 0 Å². The van der Waals surface area contributed by atoms with E-state index in [-0.39, 0.29) is 0 Å². The average Bonchev–Trinajstić information content (AvgIpc) is 2.95. The van der Waals surface area contributed by atoms with Gasteiger partial charge in [-0.1, -0.05) is 6.07 Å². The van der Waals surface area contributed by atoms with Crippen LogP contribution in [0.25, 0.3) is 11.1 Å². The van der Waals surface area contributed by atoms with Crippen molar-refractivity contribution >= 4 is 27.0 Å². The van der Waals surface area contributed by atoms with Gasteiger partial charge in [0.1, 0.15) is 11.6 Å². The molecule has 0 aliphatic rings. The van der Waals surface area contributed by atoms with Crippen LogP contribution < -0.4 is 5.73 Å². The number of fused-ring (bicyclic) bond motifs is 1. The molecular weight excluding hydrogens is 296 g/mol. The Kier molecular flexibility index (Phi) is 2.68. The summed E-state index contributed by atoms with van der Waals surface area (Å²) in [7, 11) is 1.85. The summed E-state index contributed by atoms with van der Waals surface area (Å²) in [6.07, 6.45) is 3.57. The van der Waals surface area contributed by atoms with Crippen LogP contribution in [-0.2, 0) is 7.05 Å². The highest BCUT2D eigenvalue weighted by molar-refractivity contribution is 9.10. The number of rotatable bonds is 2. The number of hydrogen-bond donors (Lipinski definition) is 1. The number of halogens is 1. The van der Waals surface area contributed by atoms with Gasteiger partial charge in [0.2, 0.25) is 5.89 Å². The first-order valence-electron chi connectivity index (χ1n) is 5.44. The van der Waals surface area contributed by atoms with Gasteiger partial charge < -0.3 is 10.2 Å². The van der Waals surface area contributed by atoms with Crippen LogP contribution in [0.4, 0.5) is 0 Å². The number of benzene rings is 1. The van der Waals surface area contributed by atoms with E-state index in [0.29, 0.717) is 11.5 Å². The lowest BCUT2D eigenvalue weighted by Gasteiger charge is -2.02. The van der Waals surface area contributed by atoms with Gasteiger partial charge in [-0.2, -0.15) is 5.10 Å². The second-order valence-electron chi connectivity index (χ2n) is 4.07. The van der Waals surface area contributed by atoms with E-state index in [1.807, 2.05) is 31.4 Å². The molecule has 0 aliphatic heterocycles. The fourth-order valence-electron chi connectivity index (χ4n) is 1.81. The van der Waals surface area contributed by atoms with E-state index < -0.39 is 6.04 Å². The Morgan fingerprint density at radius 1 is 1.44 bits per heavy atom. The molecule has 0 fully saturated rings. The molecule has 2 aromatic heterocycles. The predicted molar refractivity (Wildman–Crippen MR) is 70.9 cm³/mol. The molecule has 0 spiro atoms. The number of aryl methyl sites for hydroxylation is 1. The standard InChI is InChI=1S/C12H11BrN4O/c1-17-6-7(5-15-17)10(14)12-16-9-4-2-3-8(13)11(9)18-12/h2-6,10H,14H2,1H3. The Balaban J connectivity index is 2.06. The van der Waals surface area contributed by atoms with Crippen LogP contribution in [0.2, 0.25) is 0 Å². The molecule has 1 aromatic carbocycles. The average molecular weight is 307 g/mol. The number of oxazole rings is 1. The molecule has 18 heavy (non-hydrogen) atoms. The van der Waals surface area contributed by atoms with E-state index in [9.17, 15) is 0 Å². The van der Waals surface area contributed by atoms with Crippen molar-refractivity contribution in [2.75, 3.05) is 0 Å². The minimum atomic E-state index is -0.405. The van der Waals surface area contributed by atoms with Crippen molar-refractivity contribution in [1.29, 1.82) is 0 Å². The number of nitrogens with zero attached hydrogens (tertiary/aromatic N) is 3. The van der Waals surface area contributed by atoms with Crippen LogP contribution in [0.5, 0.6) is 0 Å². The highest BCUT2D eigenvalue weighted by atomic mass is 79.9. The van der Waals surface area contributed by atoms with Gasteiger partial charge in [-0.25, -0.2) is 4.98 Å². The van der Waals surface area contributed by atoms with E-state index >= 15 is 0 Å². The van der Waals surface area contributed by atoms with Crippen LogP contribution in [0, 0.1) is 0 Å². The first-order valence-corrected chi connectivity index (χ1v) is 6.23.